The maximum absolute atomic E-state index is 12.6. The molecule has 0 aliphatic carbocycles. The van der Waals surface area contributed by atoms with Gasteiger partial charge in [-0.25, -0.2) is 4.98 Å². The molecule has 0 unspecified atom stereocenters. The van der Waals surface area contributed by atoms with Crippen LogP contribution in [0.4, 0.5) is 5.69 Å². The van der Waals surface area contributed by atoms with Gasteiger partial charge in [0, 0.05) is 16.8 Å². The highest BCUT2D eigenvalue weighted by Gasteiger charge is 2.15. The van der Waals surface area contributed by atoms with Gasteiger partial charge in [-0.2, -0.15) is 0 Å². The predicted molar refractivity (Wildman–Crippen MR) is 113 cm³/mol. The molecule has 4 aromatic rings. The number of amides is 1. The summed E-state index contributed by atoms with van der Waals surface area (Å²) < 4.78 is 5.82. The molecule has 4 nitrogen and oxygen atoms in total. The minimum Gasteiger partial charge on any atom is -0.436 e. The molecule has 4 rings (SSSR count). The lowest BCUT2D eigenvalue weighted by Crippen LogP contribution is -2.14. The van der Waals surface area contributed by atoms with Crippen molar-refractivity contribution in [3.05, 3.63) is 83.9 Å². The number of anilines is 1. The number of hydrogen-bond acceptors (Lipinski definition) is 3. The SMILES string of the molecule is CC(C)(C)c1ccc(C(=O)Nc2cccc(-c3nc4ccccc4o3)c2)cc1. The van der Waals surface area contributed by atoms with E-state index in [1.807, 2.05) is 72.8 Å². The molecule has 3 aromatic carbocycles. The molecular formula is C24H22N2O2. The minimum atomic E-state index is -0.143. The summed E-state index contributed by atoms with van der Waals surface area (Å²) in [6.07, 6.45) is 0. The number of nitrogens with one attached hydrogen (secondary N) is 1. The highest BCUT2D eigenvalue weighted by molar-refractivity contribution is 6.04. The Balaban J connectivity index is 1.55. The van der Waals surface area contributed by atoms with Crippen LogP contribution in [0.5, 0.6) is 0 Å². The van der Waals surface area contributed by atoms with Crippen LogP contribution in [0.1, 0.15) is 36.7 Å². The standard InChI is InChI=1S/C24H22N2O2/c1-24(2,3)18-13-11-16(12-14-18)22(27)25-19-8-6-7-17(15-19)23-26-20-9-4-5-10-21(20)28-23/h4-15H,1-3H3,(H,25,27). The largest absolute Gasteiger partial charge is 0.436 e. The number of carbonyl (C=O) groups excluding carboxylic acids is 1. The van der Waals surface area contributed by atoms with Crippen LogP contribution in [0.15, 0.2) is 77.2 Å². The van der Waals surface area contributed by atoms with Gasteiger partial charge in [0.2, 0.25) is 5.89 Å². The third-order valence-electron chi connectivity index (χ3n) is 4.67. The van der Waals surface area contributed by atoms with Gasteiger partial charge in [-0.1, -0.05) is 51.1 Å². The zero-order chi connectivity index (χ0) is 19.7. The van der Waals surface area contributed by atoms with Crippen molar-refractivity contribution in [1.82, 2.24) is 4.98 Å². The van der Waals surface area contributed by atoms with E-state index >= 15 is 0 Å². The van der Waals surface area contributed by atoms with Gasteiger partial charge in [-0.05, 0) is 53.4 Å². The Labute approximate surface area is 164 Å². The molecule has 0 aliphatic heterocycles. The van der Waals surface area contributed by atoms with Gasteiger partial charge in [0.1, 0.15) is 5.52 Å². The summed E-state index contributed by atoms with van der Waals surface area (Å²) in [4.78, 5) is 17.1. The Kier molecular flexibility index (Phi) is 4.47. The molecule has 1 amide bonds. The van der Waals surface area contributed by atoms with Gasteiger partial charge >= 0.3 is 0 Å². The van der Waals surface area contributed by atoms with Crippen LogP contribution in [0.25, 0.3) is 22.6 Å². The van der Waals surface area contributed by atoms with Crippen LogP contribution in [-0.4, -0.2) is 10.9 Å². The Hall–Kier alpha value is -3.40. The van der Waals surface area contributed by atoms with Crippen LogP contribution >= 0.6 is 0 Å². The third kappa shape index (κ3) is 3.67. The van der Waals surface area contributed by atoms with Crippen molar-refractivity contribution in [3.63, 3.8) is 0 Å². The fourth-order valence-corrected chi connectivity index (χ4v) is 3.05. The fourth-order valence-electron chi connectivity index (χ4n) is 3.05. The van der Waals surface area contributed by atoms with Gasteiger partial charge in [-0.15, -0.1) is 0 Å². The normalized spacial score (nSPS) is 11.5. The topological polar surface area (TPSA) is 55.1 Å². The fraction of sp³-hybridized carbons (Fsp3) is 0.167. The summed E-state index contributed by atoms with van der Waals surface area (Å²) in [5.41, 5.74) is 4.95. The van der Waals surface area contributed by atoms with Gasteiger partial charge in [0.15, 0.2) is 5.58 Å². The number of rotatable bonds is 3. The quantitative estimate of drug-likeness (QED) is 0.478. The number of benzene rings is 3. The van der Waals surface area contributed by atoms with Gasteiger partial charge < -0.3 is 9.73 Å². The van der Waals surface area contributed by atoms with Crippen molar-refractivity contribution >= 4 is 22.7 Å². The zero-order valence-corrected chi connectivity index (χ0v) is 16.2. The van der Waals surface area contributed by atoms with Crippen LogP contribution in [0, 0.1) is 0 Å². The van der Waals surface area contributed by atoms with Gasteiger partial charge in [-0.3, -0.25) is 4.79 Å². The van der Waals surface area contributed by atoms with E-state index < -0.39 is 0 Å². The average Bonchev–Trinajstić information content (AvgIpc) is 3.12. The van der Waals surface area contributed by atoms with Crippen molar-refractivity contribution in [2.45, 2.75) is 26.2 Å². The first-order valence-electron chi connectivity index (χ1n) is 9.28. The zero-order valence-electron chi connectivity index (χ0n) is 16.2. The number of carbonyl (C=O) groups is 1. The smallest absolute Gasteiger partial charge is 0.255 e. The summed E-state index contributed by atoms with van der Waals surface area (Å²) >= 11 is 0. The summed E-state index contributed by atoms with van der Waals surface area (Å²) in [6.45, 7) is 6.46. The lowest BCUT2D eigenvalue weighted by molar-refractivity contribution is 0.102. The van der Waals surface area contributed by atoms with Gasteiger partial charge in [0.05, 0.1) is 0 Å². The Morgan fingerprint density at radius 1 is 0.929 bits per heavy atom. The van der Waals surface area contributed by atoms with Crippen molar-refractivity contribution in [3.8, 4) is 11.5 Å². The second-order valence-corrected chi connectivity index (χ2v) is 7.85. The van der Waals surface area contributed by atoms with Crippen LogP contribution in [-0.2, 0) is 5.41 Å². The molecule has 0 radical (unpaired) electrons. The van der Waals surface area contributed by atoms with Crippen molar-refractivity contribution in [2.24, 2.45) is 0 Å². The minimum absolute atomic E-state index is 0.0585. The predicted octanol–water partition coefficient (Wildman–Crippen LogP) is 6.04. The van der Waals surface area contributed by atoms with E-state index in [0.29, 0.717) is 17.1 Å². The molecule has 0 atom stereocenters. The molecule has 1 aromatic heterocycles. The summed E-state index contributed by atoms with van der Waals surface area (Å²) in [6, 6.07) is 22.9. The van der Waals surface area contributed by atoms with E-state index in [2.05, 4.69) is 31.1 Å². The highest BCUT2D eigenvalue weighted by atomic mass is 16.3. The summed E-state index contributed by atoms with van der Waals surface area (Å²) in [7, 11) is 0. The number of para-hydroxylation sites is 2. The third-order valence-corrected chi connectivity index (χ3v) is 4.67. The van der Waals surface area contributed by atoms with Crippen molar-refractivity contribution in [1.29, 1.82) is 0 Å². The number of nitrogens with zero attached hydrogens (tertiary/aromatic N) is 1. The molecule has 0 saturated heterocycles. The number of aromatic nitrogens is 1. The molecule has 28 heavy (non-hydrogen) atoms. The molecule has 0 spiro atoms. The molecule has 4 heteroatoms. The lowest BCUT2D eigenvalue weighted by Gasteiger charge is -2.19. The average molecular weight is 370 g/mol. The van der Waals surface area contributed by atoms with E-state index in [1.54, 1.807) is 0 Å². The van der Waals surface area contributed by atoms with Crippen LogP contribution in [0.2, 0.25) is 0 Å². The van der Waals surface area contributed by atoms with Crippen molar-refractivity contribution in [2.75, 3.05) is 5.32 Å². The first-order chi connectivity index (χ1) is 13.4. The molecular weight excluding hydrogens is 348 g/mol. The molecule has 1 N–H and O–H groups in total. The maximum Gasteiger partial charge on any atom is 0.255 e. The molecule has 0 fully saturated rings. The molecule has 0 aliphatic rings. The van der Waals surface area contributed by atoms with Gasteiger partial charge in [0.25, 0.3) is 5.91 Å². The van der Waals surface area contributed by atoms with E-state index in [0.717, 1.165) is 16.7 Å². The second-order valence-electron chi connectivity index (χ2n) is 7.85. The number of fused-ring (bicyclic) bond motifs is 1. The molecule has 0 bridgehead atoms. The Morgan fingerprint density at radius 3 is 2.39 bits per heavy atom. The summed E-state index contributed by atoms with van der Waals surface area (Å²) in [5, 5.41) is 2.95. The Morgan fingerprint density at radius 2 is 1.68 bits per heavy atom. The number of hydrogen-bond donors (Lipinski definition) is 1. The molecule has 1 heterocycles. The number of oxazole rings is 1. The van der Waals surface area contributed by atoms with E-state index in [9.17, 15) is 4.79 Å². The van der Waals surface area contributed by atoms with Crippen LogP contribution in [0.3, 0.4) is 0 Å². The molecule has 0 saturated carbocycles. The lowest BCUT2D eigenvalue weighted by atomic mass is 9.87. The Bertz CT molecular complexity index is 1100. The van der Waals surface area contributed by atoms with E-state index in [4.69, 9.17) is 4.42 Å². The summed E-state index contributed by atoms with van der Waals surface area (Å²) in [5.74, 6) is 0.391. The van der Waals surface area contributed by atoms with E-state index in [1.165, 1.54) is 5.56 Å². The van der Waals surface area contributed by atoms with E-state index in [-0.39, 0.29) is 11.3 Å². The van der Waals surface area contributed by atoms with Crippen molar-refractivity contribution < 1.29 is 9.21 Å². The highest BCUT2D eigenvalue weighted by Crippen LogP contribution is 2.26. The van der Waals surface area contributed by atoms with Crippen LogP contribution < -0.4 is 5.32 Å². The maximum atomic E-state index is 12.6. The molecule has 140 valence electrons. The second kappa shape index (κ2) is 6.97. The first kappa shape index (κ1) is 18.0. The first-order valence-corrected chi connectivity index (χ1v) is 9.28. The monoisotopic (exact) mass is 370 g/mol.